The summed E-state index contributed by atoms with van der Waals surface area (Å²) < 4.78 is 5.44. The van der Waals surface area contributed by atoms with E-state index >= 15 is 0 Å². The lowest BCUT2D eigenvalue weighted by Crippen LogP contribution is -2.33. The third kappa shape index (κ3) is 3.78. The Bertz CT molecular complexity index is 399. The Labute approximate surface area is 116 Å². The van der Waals surface area contributed by atoms with Crippen LogP contribution in [-0.4, -0.2) is 44.8 Å². The number of hydrogen-bond donors (Lipinski definition) is 1. The van der Waals surface area contributed by atoms with E-state index in [1.807, 2.05) is 14.2 Å². The van der Waals surface area contributed by atoms with Crippen molar-refractivity contribution in [3.8, 4) is 0 Å². The number of nitrogens with one attached hydrogen (secondary N) is 1. The van der Waals surface area contributed by atoms with E-state index in [1.54, 1.807) is 0 Å². The van der Waals surface area contributed by atoms with E-state index in [1.165, 1.54) is 16.7 Å². The lowest BCUT2D eigenvalue weighted by atomic mass is 10.0. The first kappa shape index (κ1) is 14.5. The van der Waals surface area contributed by atoms with E-state index in [0.29, 0.717) is 12.1 Å². The standard InChI is InChI=1S/C16H26N2O/c1-12-7-13(2)9-14(8-12)16(17-3)11-18-6-5-15(10-18)19-4/h7-9,15-17H,5-6,10-11H2,1-4H3. The van der Waals surface area contributed by atoms with Crippen LogP contribution in [0.4, 0.5) is 0 Å². The smallest absolute Gasteiger partial charge is 0.0710 e. The van der Waals surface area contributed by atoms with E-state index in [4.69, 9.17) is 4.74 Å². The number of ether oxygens (including phenoxy) is 1. The number of likely N-dealkylation sites (N-methyl/N-ethyl adjacent to an activating group) is 1. The average molecular weight is 262 g/mol. The van der Waals surface area contributed by atoms with Crippen molar-refractivity contribution < 1.29 is 4.74 Å². The molecule has 0 aromatic heterocycles. The van der Waals surface area contributed by atoms with Gasteiger partial charge in [0.25, 0.3) is 0 Å². The summed E-state index contributed by atoms with van der Waals surface area (Å²) in [4.78, 5) is 2.49. The monoisotopic (exact) mass is 262 g/mol. The van der Waals surface area contributed by atoms with Gasteiger partial charge in [-0.05, 0) is 32.9 Å². The van der Waals surface area contributed by atoms with Crippen LogP contribution in [0.2, 0.25) is 0 Å². The molecule has 3 heteroatoms. The summed E-state index contributed by atoms with van der Waals surface area (Å²) in [6.07, 6.45) is 1.57. The molecule has 1 fully saturated rings. The minimum atomic E-state index is 0.397. The second-order valence-corrected chi connectivity index (χ2v) is 5.67. The fourth-order valence-electron chi connectivity index (χ4n) is 2.99. The third-order valence-corrected chi connectivity index (χ3v) is 4.00. The Kier molecular flexibility index (Phi) is 4.97. The largest absolute Gasteiger partial charge is 0.380 e. The van der Waals surface area contributed by atoms with Crippen LogP contribution in [0.1, 0.15) is 29.2 Å². The van der Waals surface area contributed by atoms with E-state index in [2.05, 4.69) is 42.3 Å². The molecule has 1 N–H and O–H groups in total. The van der Waals surface area contributed by atoms with Gasteiger partial charge >= 0.3 is 0 Å². The van der Waals surface area contributed by atoms with Crippen molar-refractivity contribution in [3.63, 3.8) is 0 Å². The van der Waals surface area contributed by atoms with Crippen molar-refractivity contribution in [2.75, 3.05) is 33.8 Å². The van der Waals surface area contributed by atoms with E-state index in [9.17, 15) is 0 Å². The van der Waals surface area contributed by atoms with Crippen molar-refractivity contribution >= 4 is 0 Å². The average Bonchev–Trinajstić information content (AvgIpc) is 2.82. The van der Waals surface area contributed by atoms with Crippen LogP contribution in [0, 0.1) is 13.8 Å². The molecular weight excluding hydrogens is 236 g/mol. The van der Waals surface area contributed by atoms with Crippen molar-refractivity contribution in [2.45, 2.75) is 32.4 Å². The molecule has 1 aromatic carbocycles. The zero-order valence-electron chi connectivity index (χ0n) is 12.6. The summed E-state index contributed by atoms with van der Waals surface area (Å²) in [5.74, 6) is 0. The Morgan fingerprint density at radius 3 is 2.53 bits per heavy atom. The summed E-state index contributed by atoms with van der Waals surface area (Å²) in [5, 5.41) is 3.45. The van der Waals surface area contributed by atoms with Crippen molar-refractivity contribution in [2.24, 2.45) is 0 Å². The van der Waals surface area contributed by atoms with Gasteiger partial charge in [0, 0.05) is 32.8 Å². The predicted molar refractivity (Wildman–Crippen MR) is 79.6 cm³/mol. The van der Waals surface area contributed by atoms with Crippen molar-refractivity contribution in [3.05, 3.63) is 34.9 Å². The maximum Gasteiger partial charge on any atom is 0.0710 e. The number of likely N-dealkylation sites (tertiary alicyclic amines) is 1. The maximum atomic E-state index is 5.44. The van der Waals surface area contributed by atoms with Crippen LogP contribution in [0.3, 0.4) is 0 Å². The Morgan fingerprint density at radius 1 is 1.32 bits per heavy atom. The number of benzene rings is 1. The number of methoxy groups -OCH3 is 1. The van der Waals surface area contributed by atoms with Gasteiger partial charge in [-0.1, -0.05) is 29.3 Å². The highest BCUT2D eigenvalue weighted by molar-refractivity contribution is 5.30. The first-order valence-corrected chi connectivity index (χ1v) is 7.13. The fraction of sp³-hybridized carbons (Fsp3) is 0.625. The van der Waals surface area contributed by atoms with Crippen LogP contribution in [0.25, 0.3) is 0 Å². The zero-order chi connectivity index (χ0) is 13.8. The molecule has 0 saturated carbocycles. The van der Waals surface area contributed by atoms with Gasteiger partial charge in [-0.25, -0.2) is 0 Å². The van der Waals surface area contributed by atoms with Crippen molar-refractivity contribution in [1.82, 2.24) is 10.2 Å². The topological polar surface area (TPSA) is 24.5 Å². The molecular formula is C16H26N2O. The van der Waals surface area contributed by atoms with Crippen LogP contribution < -0.4 is 5.32 Å². The summed E-state index contributed by atoms with van der Waals surface area (Å²) in [6.45, 7) is 7.58. The number of aryl methyl sites for hydroxylation is 2. The fourth-order valence-corrected chi connectivity index (χ4v) is 2.99. The highest BCUT2D eigenvalue weighted by Gasteiger charge is 2.24. The SMILES string of the molecule is CNC(CN1CCC(OC)C1)c1cc(C)cc(C)c1. The molecule has 1 heterocycles. The first-order valence-electron chi connectivity index (χ1n) is 7.13. The molecule has 1 aromatic rings. The number of nitrogens with zero attached hydrogens (tertiary/aromatic N) is 1. The molecule has 2 unspecified atom stereocenters. The molecule has 1 aliphatic heterocycles. The summed E-state index contributed by atoms with van der Waals surface area (Å²) >= 11 is 0. The predicted octanol–water partition coefficient (Wildman–Crippen LogP) is 2.28. The first-order chi connectivity index (χ1) is 9.12. The lowest BCUT2D eigenvalue weighted by Gasteiger charge is -2.24. The van der Waals surface area contributed by atoms with E-state index in [-0.39, 0.29) is 0 Å². The number of hydrogen-bond acceptors (Lipinski definition) is 3. The maximum absolute atomic E-state index is 5.44. The Morgan fingerprint density at radius 2 is 2.00 bits per heavy atom. The highest BCUT2D eigenvalue weighted by Crippen LogP contribution is 2.20. The molecule has 0 radical (unpaired) electrons. The van der Waals surface area contributed by atoms with Gasteiger partial charge in [-0.15, -0.1) is 0 Å². The van der Waals surface area contributed by atoms with Crippen LogP contribution in [0.15, 0.2) is 18.2 Å². The molecule has 106 valence electrons. The molecule has 2 atom stereocenters. The minimum Gasteiger partial charge on any atom is -0.380 e. The van der Waals surface area contributed by atoms with Gasteiger partial charge in [0.1, 0.15) is 0 Å². The highest BCUT2D eigenvalue weighted by atomic mass is 16.5. The Balaban J connectivity index is 2.03. The quantitative estimate of drug-likeness (QED) is 0.881. The van der Waals surface area contributed by atoms with Gasteiger partial charge in [0.05, 0.1) is 6.10 Å². The number of rotatable bonds is 5. The van der Waals surface area contributed by atoms with Crippen molar-refractivity contribution in [1.29, 1.82) is 0 Å². The van der Waals surface area contributed by atoms with Gasteiger partial charge in [-0.2, -0.15) is 0 Å². The molecule has 0 amide bonds. The molecule has 0 bridgehead atoms. The van der Waals surface area contributed by atoms with E-state index < -0.39 is 0 Å². The molecule has 0 spiro atoms. The lowest BCUT2D eigenvalue weighted by molar-refractivity contribution is 0.107. The molecule has 3 nitrogen and oxygen atoms in total. The third-order valence-electron chi connectivity index (χ3n) is 4.00. The van der Waals surface area contributed by atoms with Gasteiger partial charge in [0.2, 0.25) is 0 Å². The van der Waals surface area contributed by atoms with Gasteiger partial charge in [0.15, 0.2) is 0 Å². The van der Waals surface area contributed by atoms with Crippen LogP contribution in [-0.2, 0) is 4.74 Å². The van der Waals surface area contributed by atoms with Gasteiger partial charge in [-0.3, -0.25) is 4.90 Å². The summed E-state index contributed by atoms with van der Waals surface area (Å²) in [6, 6.07) is 7.21. The van der Waals surface area contributed by atoms with Crippen LogP contribution in [0.5, 0.6) is 0 Å². The van der Waals surface area contributed by atoms with Gasteiger partial charge < -0.3 is 10.1 Å². The minimum absolute atomic E-state index is 0.397. The normalized spacial score (nSPS) is 21.8. The molecule has 0 aliphatic carbocycles. The second kappa shape index (κ2) is 6.51. The molecule has 2 rings (SSSR count). The van der Waals surface area contributed by atoms with E-state index in [0.717, 1.165) is 26.1 Å². The molecule has 1 aliphatic rings. The summed E-state index contributed by atoms with van der Waals surface area (Å²) in [5.41, 5.74) is 4.07. The Hall–Kier alpha value is -0.900. The zero-order valence-corrected chi connectivity index (χ0v) is 12.6. The van der Waals surface area contributed by atoms with Crippen LogP contribution >= 0.6 is 0 Å². The summed E-state index contributed by atoms with van der Waals surface area (Å²) in [7, 11) is 3.86. The molecule has 19 heavy (non-hydrogen) atoms. The molecule has 1 saturated heterocycles. The second-order valence-electron chi connectivity index (χ2n) is 5.67.